The standard InChI is InChI=1S/C20H26N4O3/c1-15-12-16(6-5-10-23-20(25)26-2)8-9-18(15)19(24-21)14-22-13-17-7-3-4-11-27-17/h8-9,12,14,17H,3-4,7,10-11,13,21H2,1-2H3,(H,23,25)/p+1/b22-14?,24-19+. The van der Waals surface area contributed by atoms with Crippen LogP contribution >= 0.6 is 0 Å². The molecule has 0 aliphatic carbocycles. The van der Waals surface area contributed by atoms with Crippen LogP contribution in [-0.4, -0.2) is 50.9 Å². The summed E-state index contributed by atoms with van der Waals surface area (Å²) in [6.07, 6.45) is 5.00. The van der Waals surface area contributed by atoms with Gasteiger partial charge in [-0.3, -0.25) is 0 Å². The fourth-order valence-electron chi connectivity index (χ4n) is 2.80. The molecule has 144 valence electrons. The maximum Gasteiger partial charge on any atom is 0.407 e. The van der Waals surface area contributed by atoms with Crippen LogP contribution in [0.2, 0.25) is 0 Å². The summed E-state index contributed by atoms with van der Waals surface area (Å²) in [7, 11) is 1.31. The number of amides is 1. The molecular formula is C20H27N4O3+. The number of ether oxygens (including phenoxy) is 2. The van der Waals surface area contributed by atoms with Crippen LogP contribution in [0.1, 0.15) is 36.0 Å². The maximum atomic E-state index is 11.0. The van der Waals surface area contributed by atoms with Gasteiger partial charge >= 0.3 is 6.09 Å². The first-order valence-corrected chi connectivity index (χ1v) is 9.02. The smallest absolute Gasteiger partial charge is 0.407 e. The Bertz CT molecular complexity index is 756. The van der Waals surface area contributed by atoms with Gasteiger partial charge in [0.2, 0.25) is 0 Å². The van der Waals surface area contributed by atoms with Crippen molar-refractivity contribution in [3.63, 3.8) is 0 Å². The van der Waals surface area contributed by atoms with Gasteiger partial charge in [-0.1, -0.05) is 17.9 Å². The molecule has 27 heavy (non-hydrogen) atoms. The van der Waals surface area contributed by atoms with E-state index in [1.165, 1.54) is 13.5 Å². The molecule has 1 aliphatic heterocycles. The average Bonchev–Trinajstić information content (AvgIpc) is 2.70. The van der Waals surface area contributed by atoms with Crippen molar-refractivity contribution in [1.29, 1.82) is 0 Å². The molecule has 1 unspecified atom stereocenters. The number of alkyl carbamates (subject to hydrolysis) is 1. The molecule has 1 saturated heterocycles. The van der Waals surface area contributed by atoms with E-state index in [0.29, 0.717) is 5.71 Å². The molecule has 1 aliphatic rings. The minimum Gasteiger partial charge on any atom is -0.453 e. The topological polar surface area (TPSA) is 99.9 Å². The summed E-state index contributed by atoms with van der Waals surface area (Å²) in [5.41, 5.74) is 3.48. The zero-order valence-electron chi connectivity index (χ0n) is 15.9. The van der Waals surface area contributed by atoms with Crippen molar-refractivity contribution >= 4 is 18.0 Å². The van der Waals surface area contributed by atoms with Crippen molar-refractivity contribution in [3.05, 3.63) is 34.9 Å². The first-order chi connectivity index (χ1) is 13.1. The number of nitrogens with zero attached hydrogens (tertiary/aromatic N) is 1. The summed E-state index contributed by atoms with van der Waals surface area (Å²) >= 11 is 0. The van der Waals surface area contributed by atoms with Gasteiger partial charge in [0.15, 0.2) is 18.5 Å². The highest BCUT2D eigenvalue weighted by molar-refractivity contribution is 6.36. The van der Waals surface area contributed by atoms with Crippen LogP contribution in [0.25, 0.3) is 0 Å². The Morgan fingerprint density at radius 2 is 2.37 bits per heavy atom. The quantitative estimate of drug-likeness (QED) is 0.295. The van der Waals surface area contributed by atoms with Gasteiger partial charge in [0.1, 0.15) is 6.10 Å². The number of carbonyl (C=O) groups excluding carboxylic acids is 1. The Kier molecular flexibility index (Phi) is 8.33. The Morgan fingerprint density at radius 1 is 1.52 bits per heavy atom. The molecule has 7 heteroatoms. The Morgan fingerprint density at radius 3 is 3.04 bits per heavy atom. The van der Waals surface area contributed by atoms with Crippen molar-refractivity contribution in [1.82, 2.24) is 5.32 Å². The zero-order chi connectivity index (χ0) is 19.5. The van der Waals surface area contributed by atoms with Crippen LogP contribution in [-0.2, 0) is 9.47 Å². The molecule has 0 aromatic heterocycles. The summed E-state index contributed by atoms with van der Waals surface area (Å²) in [6, 6.07) is 5.80. The van der Waals surface area contributed by atoms with E-state index in [0.717, 1.165) is 42.7 Å². The summed E-state index contributed by atoms with van der Waals surface area (Å²) in [5, 5.41) is 6.41. The minimum atomic E-state index is -0.499. The number of rotatable bonds is 5. The molecule has 0 spiro atoms. The number of aryl methyl sites for hydroxylation is 1. The van der Waals surface area contributed by atoms with Gasteiger partial charge in [0.25, 0.3) is 0 Å². The number of hydrogen-bond donors (Lipinski definition) is 3. The average molecular weight is 371 g/mol. The van der Waals surface area contributed by atoms with E-state index in [-0.39, 0.29) is 12.6 Å². The van der Waals surface area contributed by atoms with Gasteiger partial charge in [-0.2, -0.15) is 5.10 Å². The fourth-order valence-corrected chi connectivity index (χ4v) is 2.80. The normalized spacial score (nSPS) is 17.3. The van der Waals surface area contributed by atoms with Gasteiger partial charge in [-0.05, 0) is 43.9 Å². The number of hydrogen-bond acceptors (Lipinski definition) is 5. The molecule has 1 amide bonds. The second kappa shape index (κ2) is 11.0. The van der Waals surface area contributed by atoms with Gasteiger partial charge in [-0.15, -0.1) is 0 Å². The summed E-state index contributed by atoms with van der Waals surface area (Å²) in [4.78, 5) is 14.2. The number of nitrogens with one attached hydrogen (secondary N) is 2. The molecule has 1 aromatic rings. The number of benzene rings is 1. The third-order valence-electron chi connectivity index (χ3n) is 4.24. The predicted molar refractivity (Wildman–Crippen MR) is 105 cm³/mol. The number of methoxy groups -OCH3 is 1. The highest BCUT2D eigenvalue weighted by Crippen LogP contribution is 2.11. The molecule has 0 radical (unpaired) electrons. The van der Waals surface area contributed by atoms with Crippen molar-refractivity contribution in [3.8, 4) is 11.8 Å². The van der Waals surface area contributed by atoms with Crippen LogP contribution in [0.4, 0.5) is 4.79 Å². The van der Waals surface area contributed by atoms with Gasteiger partial charge in [-0.25, -0.2) is 9.79 Å². The van der Waals surface area contributed by atoms with Crippen LogP contribution in [0.15, 0.2) is 23.3 Å². The van der Waals surface area contributed by atoms with E-state index in [4.69, 9.17) is 10.6 Å². The van der Waals surface area contributed by atoms with Crippen molar-refractivity contribution in [2.24, 2.45) is 10.9 Å². The molecule has 1 fully saturated rings. The Hall–Kier alpha value is -2.85. The van der Waals surface area contributed by atoms with Crippen molar-refractivity contribution in [2.45, 2.75) is 32.3 Å². The van der Waals surface area contributed by atoms with Crippen molar-refractivity contribution in [2.75, 3.05) is 26.8 Å². The molecule has 1 heterocycles. The summed E-state index contributed by atoms with van der Waals surface area (Å²) in [6.45, 7) is 3.79. The number of hydrazone groups is 1. The monoisotopic (exact) mass is 371 g/mol. The molecule has 1 atom stereocenters. The number of carbonyl (C=O) groups is 1. The highest BCUT2D eigenvalue weighted by Gasteiger charge is 2.15. The largest absolute Gasteiger partial charge is 0.453 e. The third kappa shape index (κ3) is 6.76. The summed E-state index contributed by atoms with van der Waals surface area (Å²) < 4.78 is 10.2. The highest BCUT2D eigenvalue weighted by atomic mass is 16.5. The molecule has 4 N–H and O–H groups in total. The molecule has 1 aromatic carbocycles. The van der Waals surface area contributed by atoms with Gasteiger partial charge < -0.3 is 20.6 Å². The summed E-state index contributed by atoms with van der Waals surface area (Å²) in [5.74, 6) is 11.5. The van der Waals surface area contributed by atoms with E-state index in [2.05, 4.69) is 32.0 Å². The first-order valence-electron chi connectivity index (χ1n) is 9.02. The minimum absolute atomic E-state index is 0.226. The van der Waals surface area contributed by atoms with Crippen LogP contribution in [0, 0.1) is 18.8 Å². The molecule has 0 saturated carbocycles. The van der Waals surface area contributed by atoms with E-state index in [9.17, 15) is 4.79 Å². The number of nitrogens with two attached hydrogens (primary N) is 1. The van der Waals surface area contributed by atoms with Crippen LogP contribution in [0.3, 0.4) is 0 Å². The van der Waals surface area contributed by atoms with Crippen LogP contribution < -0.4 is 16.2 Å². The van der Waals surface area contributed by atoms with E-state index < -0.39 is 6.09 Å². The fraction of sp³-hybridized carbons (Fsp3) is 0.450. The lowest BCUT2D eigenvalue weighted by molar-refractivity contribution is -0.465. The lowest BCUT2D eigenvalue weighted by Gasteiger charge is -2.18. The lowest BCUT2D eigenvalue weighted by atomic mass is 10.0. The molecular weight excluding hydrogens is 344 g/mol. The molecule has 2 rings (SSSR count). The zero-order valence-corrected chi connectivity index (χ0v) is 15.9. The Labute approximate surface area is 160 Å². The van der Waals surface area contributed by atoms with E-state index in [1.54, 1.807) is 0 Å². The first kappa shape index (κ1) is 20.5. The van der Waals surface area contributed by atoms with E-state index in [1.807, 2.05) is 31.3 Å². The van der Waals surface area contributed by atoms with Gasteiger partial charge in [0.05, 0.1) is 13.7 Å². The van der Waals surface area contributed by atoms with Crippen molar-refractivity contribution < 1.29 is 19.3 Å². The van der Waals surface area contributed by atoms with Gasteiger partial charge in [0, 0.05) is 17.7 Å². The SMILES string of the molecule is COC(=O)NCC#Cc1ccc(/C(C=[NH+]CC2CCCCO2)=N/N)c(C)c1. The third-order valence-corrected chi connectivity index (χ3v) is 4.24. The molecule has 0 bridgehead atoms. The maximum absolute atomic E-state index is 11.0. The van der Waals surface area contributed by atoms with E-state index >= 15 is 0 Å². The van der Waals surface area contributed by atoms with Crippen LogP contribution in [0.5, 0.6) is 0 Å². The Balaban J connectivity index is 1.97. The predicted octanol–water partition coefficient (Wildman–Crippen LogP) is 0.0858. The molecule has 7 nitrogen and oxygen atoms in total. The second-order valence-corrected chi connectivity index (χ2v) is 6.23. The second-order valence-electron chi connectivity index (χ2n) is 6.23. The lowest BCUT2D eigenvalue weighted by Crippen LogP contribution is -2.73.